The molecule has 0 bridgehead atoms. The van der Waals surface area contributed by atoms with Gasteiger partial charge in [-0.1, -0.05) is 12.1 Å². The van der Waals surface area contributed by atoms with E-state index in [9.17, 15) is 10.1 Å². The van der Waals surface area contributed by atoms with Gasteiger partial charge >= 0.3 is 0 Å². The number of hydrogen-bond acceptors (Lipinski definition) is 5. The van der Waals surface area contributed by atoms with Gasteiger partial charge in [0, 0.05) is 17.5 Å². The van der Waals surface area contributed by atoms with Gasteiger partial charge < -0.3 is 19.5 Å². The molecule has 1 aliphatic rings. The van der Waals surface area contributed by atoms with E-state index in [2.05, 4.69) is 5.32 Å². The molecule has 6 heteroatoms. The Morgan fingerprint density at radius 1 is 1.24 bits per heavy atom. The summed E-state index contributed by atoms with van der Waals surface area (Å²) in [5, 5.41) is 12.3. The van der Waals surface area contributed by atoms with Crippen LogP contribution in [0.15, 0.2) is 42.0 Å². The summed E-state index contributed by atoms with van der Waals surface area (Å²) in [5.74, 6) is 1.42. The average Bonchev–Trinajstić information content (AvgIpc) is 3.06. The number of hydrogen-bond donors (Lipinski definition) is 1. The highest BCUT2D eigenvalue weighted by Gasteiger charge is 2.22. The first kappa shape index (κ1) is 20.3. The van der Waals surface area contributed by atoms with Crippen molar-refractivity contribution in [2.24, 2.45) is 0 Å². The van der Waals surface area contributed by atoms with Crippen molar-refractivity contribution in [3.05, 3.63) is 53.1 Å². The van der Waals surface area contributed by atoms with Crippen LogP contribution in [0.4, 0.5) is 5.69 Å². The van der Waals surface area contributed by atoms with Crippen LogP contribution in [0, 0.1) is 11.3 Å². The number of rotatable bonds is 7. The van der Waals surface area contributed by atoms with Gasteiger partial charge in [0.15, 0.2) is 0 Å². The molecule has 1 N–H and O–H groups in total. The molecule has 29 heavy (non-hydrogen) atoms. The molecule has 0 saturated carbocycles. The van der Waals surface area contributed by atoms with Gasteiger partial charge in [0.25, 0.3) is 5.91 Å². The Labute approximate surface area is 170 Å². The number of nitriles is 1. The number of fused-ring (bicyclic) bond motifs is 1. The molecule has 1 unspecified atom stereocenters. The monoisotopic (exact) mass is 392 g/mol. The molecule has 1 atom stereocenters. The highest BCUT2D eigenvalue weighted by atomic mass is 16.5. The SMILES string of the molecule is CCOc1cc2c(cc1/C=C(\C#N)C(=O)Nc1ccccc1OCC)OC(C)C2. The summed E-state index contributed by atoms with van der Waals surface area (Å²) in [5.41, 5.74) is 2.16. The molecule has 0 aliphatic carbocycles. The fraction of sp³-hybridized carbons (Fsp3) is 0.304. The predicted molar refractivity (Wildman–Crippen MR) is 111 cm³/mol. The van der Waals surface area contributed by atoms with Gasteiger partial charge in [0.2, 0.25) is 0 Å². The molecule has 2 aromatic rings. The number of benzene rings is 2. The van der Waals surface area contributed by atoms with E-state index in [-0.39, 0.29) is 11.7 Å². The molecule has 2 aromatic carbocycles. The predicted octanol–water partition coefficient (Wildman–Crippen LogP) is 4.35. The van der Waals surface area contributed by atoms with Crippen LogP contribution in [0.25, 0.3) is 6.08 Å². The third-order valence-electron chi connectivity index (χ3n) is 4.43. The second-order valence-electron chi connectivity index (χ2n) is 6.62. The van der Waals surface area contributed by atoms with E-state index in [0.717, 1.165) is 17.7 Å². The maximum Gasteiger partial charge on any atom is 0.266 e. The topological polar surface area (TPSA) is 80.6 Å². The Hall–Kier alpha value is -3.46. The van der Waals surface area contributed by atoms with Crippen LogP contribution < -0.4 is 19.5 Å². The van der Waals surface area contributed by atoms with Crippen molar-refractivity contribution in [3.8, 4) is 23.3 Å². The van der Waals surface area contributed by atoms with Gasteiger partial charge in [-0.2, -0.15) is 5.26 Å². The fourth-order valence-corrected chi connectivity index (χ4v) is 3.19. The quantitative estimate of drug-likeness (QED) is 0.560. The number of para-hydroxylation sites is 2. The van der Waals surface area contributed by atoms with Crippen molar-refractivity contribution >= 4 is 17.7 Å². The minimum atomic E-state index is -0.517. The Bertz CT molecular complexity index is 975. The highest BCUT2D eigenvalue weighted by Crippen LogP contribution is 2.36. The molecule has 0 saturated heterocycles. The molecule has 0 spiro atoms. The zero-order chi connectivity index (χ0) is 20.8. The number of anilines is 1. The molecule has 6 nitrogen and oxygen atoms in total. The van der Waals surface area contributed by atoms with Crippen LogP contribution in [-0.2, 0) is 11.2 Å². The zero-order valence-electron chi connectivity index (χ0n) is 16.8. The summed E-state index contributed by atoms with van der Waals surface area (Å²) in [7, 11) is 0. The Morgan fingerprint density at radius 2 is 1.97 bits per heavy atom. The van der Waals surface area contributed by atoms with Crippen LogP contribution >= 0.6 is 0 Å². The smallest absolute Gasteiger partial charge is 0.266 e. The minimum Gasteiger partial charge on any atom is -0.493 e. The van der Waals surface area contributed by atoms with Crippen molar-refractivity contribution in [2.45, 2.75) is 33.3 Å². The molecule has 1 amide bonds. The minimum absolute atomic E-state index is 0.0387. The van der Waals surface area contributed by atoms with E-state index in [0.29, 0.717) is 36.0 Å². The Morgan fingerprint density at radius 3 is 2.69 bits per heavy atom. The molecular weight excluding hydrogens is 368 g/mol. The van der Waals surface area contributed by atoms with Crippen LogP contribution in [0.3, 0.4) is 0 Å². The summed E-state index contributed by atoms with van der Waals surface area (Å²) in [6.45, 7) is 6.71. The average molecular weight is 392 g/mol. The third kappa shape index (κ3) is 4.69. The number of nitrogens with one attached hydrogen (secondary N) is 1. The van der Waals surface area contributed by atoms with Gasteiger partial charge in [-0.25, -0.2) is 0 Å². The maximum atomic E-state index is 12.7. The van der Waals surface area contributed by atoms with Crippen molar-refractivity contribution in [1.29, 1.82) is 5.26 Å². The van der Waals surface area contributed by atoms with Gasteiger partial charge in [-0.3, -0.25) is 4.79 Å². The van der Waals surface area contributed by atoms with Gasteiger partial charge in [-0.05, 0) is 51.1 Å². The normalized spacial score (nSPS) is 15.1. The second kappa shape index (κ2) is 9.16. The van der Waals surface area contributed by atoms with Gasteiger partial charge in [-0.15, -0.1) is 0 Å². The molecular formula is C23H24N2O4. The lowest BCUT2D eigenvalue weighted by molar-refractivity contribution is -0.112. The molecule has 150 valence electrons. The molecule has 1 heterocycles. The fourth-order valence-electron chi connectivity index (χ4n) is 3.19. The van der Waals surface area contributed by atoms with E-state index < -0.39 is 5.91 Å². The van der Waals surface area contributed by atoms with E-state index in [1.807, 2.05) is 45.0 Å². The molecule has 3 rings (SSSR count). The molecule has 1 aliphatic heterocycles. The van der Waals surface area contributed by atoms with Crippen molar-refractivity contribution < 1.29 is 19.0 Å². The Balaban J connectivity index is 1.91. The summed E-state index contributed by atoms with van der Waals surface area (Å²) in [6, 6.07) is 12.8. The van der Waals surface area contributed by atoms with Crippen LogP contribution in [0.5, 0.6) is 17.2 Å². The van der Waals surface area contributed by atoms with E-state index >= 15 is 0 Å². The zero-order valence-corrected chi connectivity index (χ0v) is 16.8. The first-order valence-corrected chi connectivity index (χ1v) is 9.67. The standard InChI is InChI=1S/C23H24N2O4/c1-4-27-20-9-7-6-8-19(20)25-23(26)18(14-24)11-17-13-22-16(10-15(3)29-22)12-21(17)28-5-2/h6-9,11-13,15H,4-5,10H2,1-3H3,(H,25,26)/b18-11+. The number of nitrogens with zero attached hydrogens (tertiary/aromatic N) is 1. The van der Waals surface area contributed by atoms with E-state index in [1.54, 1.807) is 18.2 Å². The number of carbonyl (C=O) groups is 1. The number of carbonyl (C=O) groups excluding carboxylic acids is 1. The third-order valence-corrected chi connectivity index (χ3v) is 4.43. The summed E-state index contributed by atoms with van der Waals surface area (Å²) in [4.78, 5) is 12.7. The largest absolute Gasteiger partial charge is 0.493 e. The lowest BCUT2D eigenvalue weighted by atomic mass is 10.0. The summed E-state index contributed by atoms with van der Waals surface area (Å²) in [6.07, 6.45) is 2.42. The lowest BCUT2D eigenvalue weighted by Gasteiger charge is -2.12. The van der Waals surface area contributed by atoms with Crippen molar-refractivity contribution in [3.63, 3.8) is 0 Å². The van der Waals surface area contributed by atoms with Crippen molar-refractivity contribution in [2.75, 3.05) is 18.5 Å². The molecule has 0 aromatic heterocycles. The Kier molecular flexibility index (Phi) is 6.40. The molecule has 0 radical (unpaired) electrons. The molecule has 0 fully saturated rings. The van der Waals surface area contributed by atoms with Gasteiger partial charge in [0.05, 0.1) is 18.9 Å². The van der Waals surface area contributed by atoms with E-state index in [4.69, 9.17) is 14.2 Å². The summed E-state index contributed by atoms with van der Waals surface area (Å²) >= 11 is 0. The number of amides is 1. The van der Waals surface area contributed by atoms with Crippen LogP contribution in [0.2, 0.25) is 0 Å². The van der Waals surface area contributed by atoms with Gasteiger partial charge in [0.1, 0.15) is 35.0 Å². The van der Waals surface area contributed by atoms with Crippen LogP contribution in [0.1, 0.15) is 31.9 Å². The van der Waals surface area contributed by atoms with E-state index in [1.165, 1.54) is 6.08 Å². The first-order valence-electron chi connectivity index (χ1n) is 9.67. The first-order chi connectivity index (χ1) is 14.0. The second-order valence-corrected chi connectivity index (χ2v) is 6.62. The maximum absolute atomic E-state index is 12.7. The highest BCUT2D eigenvalue weighted by molar-refractivity contribution is 6.10. The lowest BCUT2D eigenvalue weighted by Crippen LogP contribution is -2.14. The number of ether oxygens (including phenoxy) is 3. The van der Waals surface area contributed by atoms with Crippen molar-refractivity contribution in [1.82, 2.24) is 0 Å². The van der Waals surface area contributed by atoms with Crippen LogP contribution in [-0.4, -0.2) is 25.2 Å². The summed E-state index contributed by atoms with van der Waals surface area (Å²) < 4.78 is 17.1.